The molecule has 0 saturated heterocycles. The van der Waals surface area contributed by atoms with E-state index in [0.29, 0.717) is 17.8 Å². The van der Waals surface area contributed by atoms with E-state index in [1.165, 1.54) is 13.0 Å². The van der Waals surface area contributed by atoms with Crippen molar-refractivity contribution in [2.24, 2.45) is 5.92 Å². The molecule has 1 aromatic heterocycles. The Morgan fingerprint density at radius 1 is 1.23 bits per heavy atom. The summed E-state index contributed by atoms with van der Waals surface area (Å²) in [6.07, 6.45) is -0.255. The summed E-state index contributed by atoms with van der Waals surface area (Å²) >= 11 is 0. The van der Waals surface area contributed by atoms with Crippen LogP contribution >= 0.6 is 0 Å². The zero-order chi connectivity index (χ0) is 19.4. The number of hydrogen-bond acceptors (Lipinski definition) is 6. The SMILES string of the molecule is CCc1cc(=O)oc2cc(O[C@H](C)C(=O)N[C@H](C(=O)[O-])C(C)C)ccc12. The molecule has 26 heavy (non-hydrogen) atoms. The molecule has 2 aromatic rings. The molecule has 1 N–H and O–H groups in total. The lowest BCUT2D eigenvalue weighted by atomic mass is 10.0. The third kappa shape index (κ3) is 4.41. The monoisotopic (exact) mass is 360 g/mol. The van der Waals surface area contributed by atoms with E-state index in [1.54, 1.807) is 32.0 Å². The summed E-state index contributed by atoms with van der Waals surface area (Å²) < 4.78 is 10.8. The van der Waals surface area contributed by atoms with Crippen molar-refractivity contribution in [3.8, 4) is 5.75 Å². The molecule has 7 heteroatoms. The molecule has 140 valence electrons. The number of ether oxygens (including phenoxy) is 1. The number of rotatable bonds is 7. The fraction of sp³-hybridized carbons (Fsp3) is 0.421. The second-order valence-electron chi connectivity index (χ2n) is 6.41. The number of carboxylic acids is 1. The first-order valence-electron chi connectivity index (χ1n) is 8.47. The highest BCUT2D eigenvalue weighted by atomic mass is 16.5. The van der Waals surface area contributed by atoms with Crippen molar-refractivity contribution >= 4 is 22.8 Å². The first-order chi connectivity index (χ1) is 12.2. The zero-order valence-corrected chi connectivity index (χ0v) is 15.2. The Balaban J connectivity index is 2.18. The summed E-state index contributed by atoms with van der Waals surface area (Å²) in [6.45, 7) is 6.78. The summed E-state index contributed by atoms with van der Waals surface area (Å²) in [7, 11) is 0. The Hall–Kier alpha value is -2.83. The Kier molecular flexibility index (Phi) is 6.02. The van der Waals surface area contributed by atoms with Crippen molar-refractivity contribution in [3.63, 3.8) is 0 Å². The maximum Gasteiger partial charge on any atom is 0.336 e. The van der Waals surface area contributed by atoms with Crippen LogP contribution in [-0.2, 0) is 16.0 Å². The van der Waals surface area contributed by atoms with Crippen LogP contribution in [0.2, 0.25) is 0 Å². The predicted octanol–water partition coefficient (Wildman–Crippen LogP) is 1.01. The molecule has 0 fully saturated rings. The second kappa shape index (κ2) is 8.03. The number of benzene rings is 1. The molecule has 1 aromatic carbocycles. The molecule has 1 amide bonds. The smallest absolute Gasteiger partial charge is 0.336 e. The topological polar surface area (TPSA) is 109 Å². The molecule has 0 aliphatic rings. The summed E-state index contributed by atoms with van der Waals surface area (Å²) in [5.41, 5.74) is 0.780. The molecule has 0 aliphatic carbocycles. The van der Waals surface area contributed by atoms with Crippen LogP contribution in [0, 0.1) is 5.92 Å². The van der Waals surface area contributed by atoms with Gasteiger partial charge in [0, 0.05) is 17.5 Å². The van der Waals surface area contributed by atoms with Gasteiger partial charge in [-0.25, -0.2) is 4.79 Å². The summed E-state index contributed by atoms with van der Waals surface area (Å²) in [5, 5.41) is 14.3. The molecule has 2 rings (SSSR count). The van der Waals surface area contributed by atoms with E-state index in [2.05, 4.69) is 5.32 Å². The van der Waals surface area contributed by atoms with Crippen LogP contribution in [0.4, 0.5) is 0 Å². The lowest BCUT2D eigenvalue weighted by molar-refractivity contribution is -0.309. The summed E-state index contributed by atoms with van der Waals surface area (Å²) in [6, 6.07) is 5.32. The second-order valence-corrected chi connectivity index (χ2v) is 6.41. The van der Waals surface area contributed by atoms with E-state index in [-0.39, 0.29) is 5.92 Å². The minimum atomic E-state index is -1.35. The van der Waals surface area contributed by atoms with Crippen molar-refractivity contribution in [1.82, 2.24) is 5.32 Å². The van der Waals surface area contributed by atoms with Gasteiger partial charge in [0.15, 0.2) is 6.10 Å². The minimum Gasteiger partial charge on any atom is -0.548 e. The number of amides is 1. The van der Waals surface area contributed by atoms with Crippen LogP contribution < -0.4 is 20.8 Å². The standard InChI is InChI=1S/C19H23NO6/c1-5-12-8-16(21)26-15-9-13(6-7-14(12)15)25-11(4)18(22)20-17(10(2)3)19(23)24/h6-11,17H,5H2,1-4H3,(H,20,22)(H,23,24)/p-1/t11-,17+/m1/s1. The van der Waals surface area contributed by atoms with E-state index in [4.69, 9.17) is 9.15 Å². The van der Waals surface area contributed by atoms with E-state index >= 15 is 0 Å². The van der Waals surface area contributed by atoms with Gasteiger partial charge in [0.2, 0.25) is 0 Å². The largest absolute Gasteiger partial charge is 0.548 e. The highest BCUT2D eigenvalue weighted by Crippen LogP contribution is 2.23. The van der Waals surface area contributed by atoms with Crippen molar-refractivity contribution in [2.75, 3.05) is 0 Å². The first kappa shape index (κ1) is 19.5. The quantitative estimate of drug-likeness (QED) is 0.738. The van der Waals surface area contributed by atoms with E-state index in [0.717, 1.165) is 10.9 Å². The fourth-order valence-corrected chi connectivity index (χ4v) is 2.60. The number of fused-ring (bicyclic) bond motifs is 1. The van der Waals surface area contributed by atoms with Gasteiger partial charge >= 0.3 is 5.63 Å². The van der Waals surface area contributed by atoms with Crippen LogP contribution in [-0.4, -0.2) is 24.0 Å². The lowest BCUT2D eigenvalue weighted by Crippen LogP contribution is -2.53. The van der Waals surface area contributed by atoms with Crippen LogP contribution in [0.5, 0.6) is 5.75 Å². The molecule has 1 heterocycles. The van der Waals surface area contributed by atoms with Crippen molar-refractivity contribution in [2.45, 2.75) is 46.3 Å². The average molecular weight is 360 g/mol. The van der Waals surface area contributed by atoms with Gasteiger partial charge in [-0.05, 0) is 37.0 Å². The molecular weight excluding hydrogens is 338 g/mol. The molecule has 2 atom stereocenters. The lowest BCUT2D eigenvalue weighted by Gasteiger charge is -2.25. The van der Waals surface area contributed by atoms with Gasteiger partial charge in [-0.2, -0.15) is 0 Å². The maximum absolute atomic E-state index is 12.2. The molecule has 0 unspecified atom stereocenters. The minimum absolute atomic E-state index is 0.321. The van der Waals surface area contributed by atoms with Gasteiger partial charge in [0.25, 0.3) is 5.91 Å². The molecule has 0 aliphatic heterocycles. The molecule has 0 bridgehead atoms. The Labute approximate surface area is 151 Å². The maximum atomic E-state index is 12.2. The number of aliphatic carboxylic acids is 1. The van der Waals surface area contributed by atoms with E-state index in [1.807, 2.05) is 6.92 Å². The molecule has 7 nitrogen and oxygen atoms in total. The Morgan fingerprint density at radius 3 is 2.50 bits per heavy atom. The number of carbonyl (C=O) groups is 2. The highest BCUT2D eigenvalue weighted by Gasteiger charge is 2.22. The molecule has 0 spiro atoms. The number of aryl methyl sites for hydroxylation is 1. The first-order valence-corrected chi connectivity index (χ1v) is 8.47. The molecule has 0 radical (unpaired) electrons. The zero-order valence-electron chi connectivity index (χ0n) is 15.2. The normalized spacial score (nSPS) is 13.4. The Bertz CT molecular complexity index is 870. The summed E-state index contributed by atoms with van der Waals surface area (Å²) in [5.74, 6) is -1.90. The Morgan fingerprint density at radius 2 is 1.92 bits per heavy atom. The van der Waals surface area contributed by atoms with Gasteiger partial charge < -0.3 is 24.4 Å². The molecular formula is C19H22NO6-. The third-order valence-corrected chi connectivity index (χ3v) is 4.08. The van der Waals surface area contributed by atoms with Gasteiger partial charge in [0.1, 0.15) is 11.3 Å². The van der Waals surface area contributed by atoms with Crippen molar-refractivity contribution < 1.29 is 23.8 Å². The van der Waals surface area contributed by atoms with Crippen molar-refractivity contribution in [1.29, 1.82) is 0 Å². The van der Waals surface area contributed by atoms with Gasteiger partial charge in [0.05, 0.1) is 12.0 Å². The van der Waals surface area contributed by atoms with Crippen LogP contribution in [0.15, 0.2) is 33.5 Å². The van der Waals surface area contributed by atoms with Crippen LogP contribution in [0.3, 0.4) is 0 Å². The molecule has 0 saturated carbocycles. The predicted molar refractivity (Wildman–Crippen MR) is 93.7 cm³/mol. The van der Waals surface area contributed by atoms with Crippen LogP contribution in [0.25, 0.3) is 11.0 Å². The van der Waals surface area contributed by atoms with Crippen molar-refractivity contribution in [3.05, 3.63) is 40.2 Å². The van der Waals surface area contributed by atoms with E-state index in [9.17, 15) is 19.5 Å². The number of nitrogens with one attached hydrogen (secondary N) is 1. The van der Waals surface area contributed by atoms with Gasteiger partial charge in [-0.15, -0.1) is 0 Å². The fourth-order valence-electron chi connectivity index (χ4n) is 2.60. The van der Waals surface area contributed by atoms with Gasteiger partial charge in [-0.1, -0.05) is 20.8 Å². The van der Waals surface area contributed by atoms with Gasteiger partial charge in [-0.3, -0.25) is 4.79 Å². The summed E-state index contributed by atoms with van der Waals surface area (Å²) in [4.78, 5) is 34.9. The van der Waals surface area contributed by atoms with Crippen LogP contribution in [0.1, 0.15) is 33.3 Å². The average Bonchev–Trinajstić information content (AvgIpc) is 2.57. The third-order valence-electron chi connectivity index (χ3n) is 4.08. The number of carbonyl (C=O) groups excluding carboxylic acids is 2. The van der Waals surface area contributed by atoms with E-state index < -0.39 is 29.6 Å². The number of hydrogen-bond donors (Lipinski definition) is 1. The highest BCUT2D eigenvalue weighted by molar-refractivity contribution is 5.86. The number of carboxylic acid groups (broad SMARTS) is 1.